The van der Waals surface area contributed by atoms with Gasteiger partial charge in [0.2, 0.25) is 16.0 Å². The Hall–Kier alpha value is -1.21. The van der Waals surface area contributed by atoms with Crippen LogP contribution in [0.15, 0.2) is 6.07 Å². The fraction of sp³-hybridized carbons (Fsp3) is 0.500. The van der Waals surface area contributed by atoms with Gasteiger partial charge in [0.25, 0.3) is 0 Å². The zero-order valence-corrected chi connectivity index (χ0v) is 9.50. The van der Waals surface area contributed by atoms with Crippen LogP contribution in [-0.2, 0) is 10.0 Å². The highest BCUT2D eigenvalue weighted by Gasteiger charge is 2.11. The van der Waals surface area contributed by atoms with Crippen LogP contribution < -0.4 is 10.5 Å². The Morgan fingerprint density at radius 1 is 1.33 bits per heavy atom. The molecule has 0 aliphatic carbocycles. The first-order valence-corrected chi connectivity index (χ1v) is 6.11. The number of nitrogens with one attached hydrogen (secondary N) is 1. The molecule has 15 heavy (non-hydrogen) atoms. The smallest absolute Gasteiger partial charge is 0.236 e. The van der Waals surface area contributed by atoms with Crippen LogP contribution in [-0.4, -0.2) is 30.7 Å². The molecule has 0 saturated heterocycles. The molecule has 1 aromatic rings. The van der Waals surface area contributed by atoms with Crippen LogP contribution in [0.3, 0.4) is 0 Å². The molecule has 7 heteroatoms. The molecule has 0 saturated carbocycles. The van der Waals surface area contributed by atoms with E-state index in [0.717, 1.165) is 0 Å². The summed E-state index contributed by atoms with van der Waals surface area (Å²) in [5.41, 5.74) is 6.60. The van der Waals surface area contributed by atoms with Gasteiger partial charge in [-0.2, -0.15) is 0 Å². The third-order valence-corrected chi connectivity index (χ3v) is 2.88. The van der Waals surface area contributed by atoms with Gasteiger partial charge in [0.05, 0.1) is 5.75 Å². The molecule has 0 unspecified atom stereocenters. The van der Waals surface area contributed by atoms with Crippen molar-refractivity contribution in [3.05, 3.63) is 17.5 Å². The van der Waals surface area contributed by atoms with Gasteiger partial charge in [-0.25, -0.2) is 18.4 Å². The lowest BCUT2D eigenvalue weighted by Crippen LogP contribution is -2.23. The van der Waals surface area contributed by atoms with E-state index in [1.807, 2.05) is 0 Å². The molecule has 0 fully saturated rings. The Kier molecular flexibility index (Phi) is 3.59. The van der Waals surface area contributed by atoms with E-state index in [1.54, 1.807) is 19.9 Å². The molecule has 6 nitrogen and oxygen atoms in total. The Bertz CT molecular complexity index is 424. The van der Waals surface area contributed by atoms with Crippen LogP contribution in [0.5, 0.6) is 0 Å². The molecule has 0 radical (unpaired) electrons. The molecule has 1 rings (SSSR count). The van der Waals surface area contributed by atoms with Gasteiger partial charge in [0.1, 0.15) is 0 Å². The van der Waals surface area contributed by atoms with Crippen LogP contribution in [0, 0.1) is 13.8 Å². The second-order valence-corrected chi connectivity index (χ2v) is 5.03. The van der Waals surface area contributed by atoms with Crippen LogP contribution in [0.4, 0.5) is 5.95 Å². The summed E-state index contributed by atoms with van der Waals surface area (Å²) in [5.74, 6) is -0.0375. The monoisotopic (exact) mass is 230 g/mol. The number of aromatic nitrogens is 2. The molecule has 0 spiro atoms. The Labute approximate surface area is 89.0 Å². The van der Waals surface area contributed by atoms with Crippen molar-refractivity contribution >= 4 is 16.0 Å². The predicted molar refractivity (Wildman–Crippen MR) is 58.0 cm³/mol. The lowest BCUT2D eigenvalue weighted by atomic mass is 10.4. The van der Waals surface area contributed by atoms with Crippen molar-refractivity contribution in [3.63, 3.8) is 0 Å². The van der Waals surface area contributed by atoms with Gasteiger partial charge in [0, 0.05) is 17.9 Å². The molecule has 0 aromatic carbocycles. The number of anilines is 1. The van der Waals surface area contributed by atoms with Gasteiger partial charge in [-0.1, -0.05) is 0 Å². The first-order chi connectivity index (χ1) is 6.93. The summed E-state index contributed by atoms with van der Waals surface area (Å²) in [5, 5.41) is 0. The van der Waals surface area contributed by atoms with Crippen molar-refractivity contribution in [1.29, 1.82) is 0 Å². The van der Waals surface area contributed by atoms with Crippen LogP contribution in [0.1, 0.15) is 11.4 Å². The fourth-order valence-electron chi connectivity index (χ4n) is 1.12. The molecule has 1 aromatic heterocycles. The van der Waals surface area contributed by atoms with Gasteiger partial charge in [-0.3, -0.25) is 4.72 Å². The number of nitrogens with two attached hydrogens (primary N) is 1. The summed E-state index contributed by atoms with van der Waals surface area (Å²) in [7, 11) is -3.42. The summed E-state index contributed by atoms with van der Waals surface area (Å²) in [6.45, 7) is 3.62. The van der Waals surface area contributed by atoms with Crippen molar-refractivity contribution in [3.8, 4) is 0 Å². The highest BCUT2D eigenvalue weighted by atomic mass is 32.2. The van der Waals surface area contributed by atoms with Gasteiger partial charge in [-0.15, -0.1) is 0 Å². The van der Waals surface area contributed by atoms with E-state index >= 15 is 0 Å². The molecule has 3 N–H and O–H groups in total. The number of hydrogen-bond acceptors (Lipinski definition) is 5. The predicted octanol–water partition coefficient (Wildman–Crippen LogP) is -0.206. The van der Waals surface area contributed by atoms with Crippen molar-refractivity contribution in [2.45, 2.75) is 13.8 Å². The van der Waals surface area contributed by atoms with E-state index in [0.29, 0.717) is 11.4 Å². The summed E-state index contributed by atoms with van der Waals surface area (Å²) in [6.07, 6.45) is 0. The van der Waals surface area contributed by atoms with E-state index < -0.39 is 10.0 Å². The first kappa shape index (κ1) is 11.9. The van der Waals surface area contributed by atoms with Gasteiger partial charge in [-0.05, 0) is 19.9 Å². The highest BCUT2D eigenvalue weighted by molar-refractivity contribution is 7.92. The first-order valence-electron chi connectivity index (χ1n) is 4.46. The quantitative estimate of drug-likeness (QED) is 0.746. The average Bonchev–Trinajstić information content (AvgIpc) is 1.99. The maximum absolute atomic E-state index is 11.4. The number of sulfonamides is 1. The van der Waals surface area contributed by atoms with Gasteiger partial charge >= 0.3 is 0 Å². The zero-order chi connectivity index (χ0) is 11.5. The van der Waals surface area contributed by atoms with Crippen LogP contribution in [0.2, 0.25) is 0 Å². The van der Waals surface area contributed by atoms with Crippen molar-refractivity contribution in [1.82, 2.24) is 9.97 Å². The maximum Gasteiger partial charge on any atom is 0.236 e. The largest absolute Gasteiger partial charge is 0.329 e. The third-order valence-electron chi connectivity index (χ3n) is 1.62. The summed E-state index contributed by atoms with van der Waals surface area (Å²) in [6, 6.07) is 1.76. The van der Waals surface area contributed by atoms with Crippen molar-refractivity contribution < 1.29 is 8.42 Å². The van der Waals surface area contributed by atoms with Crippen LogP contribution in [0.25, 0.3) is 0 Å². The van der Waals surface area contributed by atoms with Gasteiger partial charge < -0.3 is 5.73 Å². The number of hydrogen-bond donors (Lipinski definition) is 2. The van der Waals surface area contributed by atoms with Crippen molar-refractivity contribution in [2.24, 2.45) is 5.73 Å². The lowest BCUT2D eigenvalue weighted by Gasteiger charge is -2.06. The summed E-state index contributed by atoms with van der Waals surface area (Å²) >= 11 is 0. The van der Waals surface area contributed by atoms with E-state index in [9.17, 15) is 8.42 Å². The zero-order valence-electron chi connectivity index (χ0n) is 8.69. The molecule has 84 valence electrons. The van der Waals surface area contributed by atoms with E-state index in [4.69, 9.17) is 5.73 Å². The second-order valence-electron chi connectivity index (χ2n) is 3.18. The number of aryl methyl sites for hydroxylation is 2. The summed E-state index contributed by atoms with van der Waals surface area (Å²) < 4.78 is 25.0. The molecule has 0 aliphatic heterocycles. The molecule has 0 atom stereocenters. The SMILES string of the molecule is Cc1cc(C)nc(NS(=O)(=O)CCN)n1. The maximum atomic E-state index is 11.4. The molecular weight excluding hydrogens is 216 g/mol. The fourth-order valence-corrected chi connectivity index (χ4v) is 1.90. The average molecular weight is 230 g/mol. The van der Waals surface area contributed by atoms with E-state index in [-0.39, 0.29) is 18.2 Å². The standard InChI is InChI=1S/C8H14N4O2S/c1-6-5-7(2)11-8(10-6)12-15(13,14)4-3-9/h5H,3-4,9H2,1-2H3,(H,10,11,12). The lowest BCUT2D eigenvalue weighted by molar-refractivity contribution is 0.600. The van der Waals surface area contributed by atoms with Gasteiger partial charge in [0.15, 0.2) is 0 Å². The Morgan fingerprint density at radius 3 is 2.33 bits per heavy atom. The van der Waals surface area contributed by atoms with E-state index in [1.165, 1.54) is 0 Å². The molecule has 0 bridgehead atoms. The second kappa shape index (κ2) is 4.54. The van der Waals surface area contributed by atoms with Crippen LogP contribution >= 0.6 is 0 Å². The van der Waals surface area contributed by atoms with Crippen molar-refractivity contribution in [2.75, 3.05) is 17.0 Å². The topological polar surface area (TPSA) is 98.0 Å². The van der Waals surface area contributed by atoms with E-state index in [2.05, 4.69) is 14.7 Å². The molecule has 1 heterocycles. The third kappa shape index (κ3) is 3.80. The highest BCUT2D eigenvalue weighted by Crippen LogP contribution is 2.05. The Balaban J connectivity index is 2.90. The number of nitrogens with zero attached hydrogens (tertiary/aromatic N) is 2. The summed E-state index contributed by atoms with van der Waals surface area (Å²) in [4.78, 5) is 7.92. The molecule has 0 amide bonds. The Morgan fingerprint density at radius 2 is 1.87 bits per heavy atom. The number of rotatable bonds is 4. The molecular formula is C8H14N4O2S. The minimum atomic E-state index is -3.42. The minimum absolute atomic E-state index is 0.0696. The minimum Gasteiger partial charge on any atom is -0.329 e. The normalized spacial score (nSPS) is 11.4. The molecule has 0 aliphatic rings.